The number of carbonyl (C=O) groups is 2. The Bertz CT molecular complexity index is 1120. The van der Waals surface area contributed by atoms with Gasteiger partial charge in [-0.2, -0.15) is 0 Å². The van der Waals surface area contributed by atoms with Gasteiger partial charge in [-0.25, -0.2) is 17.9 Å². The van der Waals surface area contributed by atoms with Gasteiger partial charge in [-0.05, 0) is 75.8 Å². The molecule has 2 amide bonds. The van der Waals surface area contributed by atoms with Crippen LogP contribution in [0.4, 0.5) is 10.5 Å². The van der Waals surface area contributed by atoms with Crippen LogP contribution in [0.25, 0.3) is 0 Å². The van der Waals surface area contributed by atoms with Gasteiger partial charge >= 0.3 is 6.09 Å². The molecule has 1 aliphatic rings. The SMILES string of the molecule is CC(C)(C)NS(=O)(=O)c1ccc(NC(=O)C(N)CC2CCN(C(=O)OCc3ccccc3)CC2)cc1. The molecule has 1 saturated heterocycles. The molecule has 1 aliphatic heterocycles. The van der Waals surface area contributed by atoms with Gasteiger partial charge in [0.25, 0.3) is 0 Å². The molecule has 196 valence electrons. The number of ether oxygens (including phenoxy) is 1. The van der Waals surface area contributed by atoms with Crippen molar-refractivity contribution < 1.29 is 22.7 Å². The molecule has 10 heteroatoms. The first kappa shape index (κ1) is 27.6. The van der Waals surface area contributed by atoms with Crippen molar-refractivity contribution in [1.29, 1.82) is 0 Å². The molecule has 1 heterocycles. The summed E-state index contributed by atoms with van der Waals surface area (Å²) < 4.78 is 32.8. The highest BCUT2D eigenvalue weighted by atomic mass is 32.2. The largest absolute Gasteiger partial charge is 0.445 e. The number of amides is 2. The van der Waals surface area contributed by atoms with E-state index in [4.69, 9.17) is 10.5 Å². The zero-order valence-electron chi connectivity index (χ0n) is 21.1. The summed E-state index contributed by atoms with van der Waals surface area (Å²) in [5, 5.41) is 2.75. The molecule has 0 radical (unpaired) electrons. The van der Waals surface area contributed by atoms with Crippen LogP contribution in [0.3, 0.4) is 0 Å². The smallest absolute Gasteiger partial charge is 0.410 e. The van der Waals surface area contributed by atoms with Crippen LogP contribution in [0.5, 0.6) is 0 Å². The van der Waals surface area contributed by atoms with E-state index in [1.165, 1.54) is 12.1 Å². The van der Waals surface area contributed by atoms with Crippen LogP contribution >= 0.6 is 0 Å². The molecule has 1 atom stereocenters. The lowest BCUT2D eigenvalue weighted by Gasteiger charge is -2.32. The first-order valence-corrected chi connectivity index (χ1v) is 13.6. The van der Waals surface area contributed by atoms with Crippen molar-refractivity contribution in [3.63, 3.8) is 0 Å². The van der Waals surface area contributed by atoms with Gasteiger partial charge in [0.15, 0.2) is 0 Å². The fraction of sp³-hybridized carbons (Fsp3) is 0.462. The van der Waals surface area contributed by atoms with Crippen LogP contribution in [0, 0.1) is 5.92 Å². The molecule has 9 nitrogen and oxygen atoms in total. The second-order valence-electron chi connectivity index (χ2n) is 10.2. The van der Waals surface area contributed by atoms with Crippen LogP contribution in [-0.4, -0.2) is 50.0 Å². The van der Waals surface area contributed by atoms with Crippen molar-refractivity contribution in [1.82, 2.24) is 9.62 Å². The normalized spacial score (nSPS) is 15.8. The van der Waals surface area contributed by atoms with Gasteiger partial charge in [-0.3, -0.25) is 4.79 Å². The van der Waals surface area contributed by atoms with E-state index in [-0.39, 0.29) is 29.4 Å². The van der Waals surface area contributed by atoms with Crippen LogP contribution in [0.15, 0.2) is 59.5 Å². The standard InChI is InChI=1S/C26H36N4O5S/c1-26(2,3)29-36(33,34)22-11-9-21(10-12-22)28-24(31)23(27)17-19-13-15-30(16-14-19)25(32)35-18-20-7-5-4-6-8-20/h4-12,19,23,29H,13-18,27H2,1-3H3,(H,28,31). The Kier molecular flexibility index (Phi) is 9.10. The number of likely N-dealkylation sites (tertiary alicyclic amines) is 1. The minimum absolute atomic E-state index is 0.119. The van der Waals surface area contributed by atoms with E-state index in [1.807, 2.05) is 30.3 Å². The summed E-state index contributed by atoms with van der Waals surface area (Å²) in [5.41, 5.74) is 6.96. The van der Waals surface area contributed by atoms with E-state index >= 15 is 0 Å². The summed E-state index contributed by atoms with van der Waals surface area (Å²) in [6.45, 7) is 6.66. The molecule has 0 bridgehead atoms. The van der Waals surface area contributed by atoms with E-state index in [1.54, 1.807) is 37.8 Å². The van der Waals surface area contributed by atoms with Gasteiger partial charge in [0.2, 0.25) is 15.9 Å². The van der Waals surface area contributed by atoms with Gasteiger partial charge < -0.3 is 20.7 Å². The first-order valence-electron chi connectivity index (χ1n) is 12.1. The molecule has 0 saturated carbocycles. The van der Waals surface area contributed by atoms with E-state index < -0.39 is 21.6 Å². The van der Waals surface area contributed by atoms with Crippen molar-refractivity contribution in [3.05, 3.63) is 60.2 Å². The lowest BCUT2D eigenvalue weighted by molar-refractivity contribution is -0.117. The number of carbonyl (C=O) groups excluding carboxylic acids is 2. The number of rotatable bonds is 8. The number of anilines is 1. The summed E-state index contributed by atoms with van der Waals surface area (Å²) in [6.07, 6.45) is 1.66. The summed E-state index contributed by atoms with van der Waals surface area (Å²) in [7, 11) is -3.65. The van der Waals surface area contributed by atoms with Crippen LogP contribution in [0.2, 0.25) is 0 Å². The number of hydrogen-bond acceptors (Lipinski definition) is 6. The summed E-state index contributed by atoms with van der Waals surface area (Å²) in [6, 6.07) is 14.8. The van der Waals surface area contributed by atoms with E-state index in [0.717, 1.165) is 18.4 Å². The predicted molar refractivity (Wildman–Crippen MR) is 139 cm³/mol. The Hall–Kier alpha value is -2.95. The van der Waals surface area contributed by atoms with E-state index in [0.29, 0.717) is 25.2 Å². The minimum atomic E-state index is -3.65. The fourth-order valence-corrected chi connectivity index (χ4v) is 5.46. The molecular weight excluding hydrogens is 480 g/mol. The second kappa shape index (κ2) is 11.9. The number of benzene rings is 2. The summed E-state index contributed by atoms with van der Waals surface area (Å²) in [5.74, 6) is -0.108. The Morgan fingerprint density at radius 1 is 1.06 bits per heavy atom. The molecule has 0 spiro atoms. The number of nitrogens with two attached hydrogens (primary N) is 1. The zero-order valence-corrected chi connectivity index (χ0v) is 21.9. The van der Waals surface area contributed by atoms with Gasteiger partial charge in [-0.15, -0.1) is 0 Å². The monoisotopic (exact) mass is 516 g/mol. The fourth-order valence-electron chi connectivity index (χ4n) is 4.04. The van der Waals surface area contributed by atoms with Crippen molar-refractivity contribution in [2.24, 2.45) is 11.7 Å². The maximum absolute atomic E-state index is 12.6. The molecule has 1 unspecified atom stereocenters. The lowest BCUT2D eigenvalue weighted by Crippen LogP contribution is -2.42. The molecule has 1 fully saturated rings. The Morgan fingerprint density at radius 2 is 1.67 bits per heavy atom. The molecule has 3 rings (SSSR count). The minimum Gasteiger partial charge on any atom is -0.445 e. The topological polar surface area (TPSA) is 131 Å². The highest BCUT2D eigenvalue weighted by molar-refractivity contribution is 7.89. The number of sulfonamides is 1. The third-order valence-electron chi connectivity index (χ3n) is 5.87. The third-order valence-corrected chi connectivity index (χ3v) is 7.65. The lowest BCUT2D eigenvalue weighted by atomic mass is 9.90. The molecule has 4 N–H and O–H groups in total. The Morgan fingerprint density at radius 3 is 2.25 bits per heavy atom. The van der Waals surface area contributed by atoms with Crippen LogP contribution < -0.4 is 15.8 Å². The van der Waals surface area contributed by atoms with E-state index in [9.17, 15) is 18.0 Å². The van der Waals surface area contributed by atoms with Crippen molar-refractivity contribution in [2.75, 3.05) is 18.4 Å². The highest BCUT2D eigenvalue weighted by Gasteiger charge is 2.27. The average molecular weight is 517 g/mol. The average Bonchev–Trinajstić information content (AvgIpc) is 2.82. The molecule has 2 aromatic rings. The third kappa shape index (κ3) is 8.32. The Balaban J connectivity index is 1.43. The quantitative estimate of drug-likeness (QED) is 0.492. The molecule has 2 aromatic carbocycles. The van der Waals surface area contributed by atoms with Gasteiger partial charge in [-0.1, -0.05) is 30.3 Å². The zero-order chi connectivity index (χ0) is 26.3. The number of hydrogen-bond donors (Lipinski definition) is 3. The highest BCUT2D eigenvalue weighted by Crippen LogP contribution is 2.23. The number of nitrogens with one attached hydrogen (secondary N) is 2. The predicted octanol–water partition coefficient (Wildman–Crippen LogP) is 3.47. The second-order valence-corrected chi connectivity index (χ2v) is 11.9. The van der Waals surface area contributed by atoms with Crippen LogP contribution in [-0.2, 0) is 26.2 Å². The number of piperidine rings is 1. The molecular formula is C26H36N4O5S. The maximum Gasteiger partial charge on any atom is 0.410 e. The maximum atomic E-state index is 12.6. The van der Waals surface area contributed by atoms with Crippen LogP contribution in [0.1, 0.15) is 45.6 Å². The molecule has 0 aromatic heterocycles. The summed E-state index contributed by atoms with van der Waals surface area (Å²) >= 11 is 0. The first-order chi connectivity index (χ1) is 16.9. The Labute approximate surface area is 213 Å². The van der Waals surface area contributed by atoms with Crippen molar-refractivity contribution in [3.8, 4) is 0 Å². The van der Waals surface area contributed by atoms with Gasteiger partial charge in [0.1, 0.15) is 6.61 Å². The van der Waals surface area contributed by atoms with E-state index in [2.05, 4.69) is 10.0 Å². The van der Waals surface area contributed by atoms with Crippen molar-refractivity contribution in [2.45, 2.75) is 63.1 Å². The van der Waals surface area contributed by atoms with Gasteiger partial charge in [0, 0.05) is 24.3 Å². The molecule has 0 aliphatic carbocycles. The molecule has 36 heavy (non-hydrogen) atoms. The number of nitrogens with zero attached hydrogens (tertiary/aromatic N) is 1. The summed E-state index contributed by atoms with van der Waals surface area (Å²) in [4.78, 5) is 26.7. The van der Waals surface area contributed by atoms with Gasteiger partial charge in [0.05, 0.1) is 10.9 Å². The van der Waals surface area contributed by atoms with Crippen molar-refractivity contribution >= 4 is 27.7 Å².